The summed E-state index contributed by atoms with van der Waals surface area (Å²) in [5.74, 6) is 1.20. The third kappa shape index (κ3) is 4.71. The summed E-state index contributed by atoms with van der Waals surface area (Å²) in [4.78, 5) is 19.4. The van der Waals surface area contributed by atoms with Crippen LogP contribution in [0.5, 0.6) is 5.75 Å². The van der Waals surface area contributed by atoms with Gasteiger partial charge < -0.3 is 9.64 Å². The first-order chi connectivity index (χ1) is 13.1. The molecule has 1 aromatic rings. The van der Waals surface area contributed by atoms with Gasteiger partial charge in [-0.05, 0) is 44.5 Å². The number of piperazine rings is 1. The highest BCUT2D eigenvalue weighted by molar-refractivity contribution is 5.76. The molecule has 0 saturated carbocycles. The maximum Gasteiger partial charge on any atom is 0.222 e. The second-order valence-corrected chi connectivity index (χ2v) is 7.81. The minimum absolute atomic E-state index is 0.0924. The Kier molecular flexibility index (Phi) is 6.55. The molecular weight excluding hydrogens is 338 g/mol. The molecule has 1 aromatic carbocycles. The quantitative estimate of drug-likeness (QED) is 0.721. The van der Waals surface area contributed by atoms with Gasteiger partial charge >= 0.3 is 0 Å². The fourth-order valence-corrected chi connectivity index (χ4v) is 4.37. The minimum atomic E-state index is 0.0924. The van der Waals surface area contributed by atoms with E-state index in [1.54, 1.807) is 0 Å². The number of benzene rings is 1. The Bertz CT molecular complexity index is 645. The summed E-state index contributed by atoms with van der Waals surface area (Å²) in [5, 5.41) is 0. The maximum atomic E-state index is 12.4. The highest BCUT2D eigenvalue weighted by Crippen LogP contribution is 2.32. The van der Waals surface area contributed by atoms with E-state index in [1.165, 1.54) is 5.56 Å². The Morgan fingerprint density at radius 3 is 2.67 bits per heavy atom. The third-order valence-electron chi connectivity index (χ3n) is 6.07. The largest absolute Gasteiger partial charge is 0.494 e. The molecule has 3 rings (SSSR count). The van der Waals surface area contributed by atoms with Crippen molar-refractivity contribution in [1.82, 2.24) is 14.7 Å². The summed E-state index contributed by atoms with van der Waals surface area (Å²) in [6.07, 6.45) is 4.44. The lowest BCUT2D eigenvalue weighted by atomic mass is 9.86. The number of hydrogen-bond acceptors (Lipinski definition) is 4. The monoisotopic (exact) mass is 371 g/mol. The lowest BCUT2D eigenvalue weighted by Gasteiger charge is -2.49. The Hall–Kier alpha value is -1.85. The fraction of sp³-hybridized carbons (Fsp3) is 0.591. The third-order valence-corrected chi connectivity index (χ3v) is 6.07. The number of ether oxygens (including phenoxy) is 1. The zero-order valence-electron chi connectivity index (χ0n) is 16.8. The van der Waals surface area contributed by atoms with Crippen molar-refractivity contribution < 1.29 is 9.53 Å². The lowest BCUT2D eigenvalue weighted by molar-refractivity contribution is -0.130. The van der Waals surface area contributed by atoms with Crippen LogP contribution in [0.15, 0.2) is 36.9 Å². The molecule has 27 heavy (non-hydrogen) atoms. The molecule has 2 fully saturated rings. The van der Waals surface area contributed by atoms with Crippen molar-refractivity contribution in [3.63, 3.8) is 0 Å². The van der Waals surface area contributed by atoms with Gasteiger partial charge in [0.05, 0.1) is 6.61 Å². The molecule has 2 saturated heterocycles. The molecule has 0 N–H and O–H groups in total. The van der Waals surface area contributed by atoms with Crippen molar-refractivity contribution in [2.75, 3.05) is 46.4 Å². The van der Waals surface area contributed by atoms with E-state index in [4.69, 9.17) is 4.74 Å². The van der Waals surface area contributed by atoms with Crippen LogP contribution in [0.3, 0.4) is 0 Å². The maximum absolute atomic E-state index is 12.4. The van der Waals surface area contributed by atoms with Crippen LogP contribution in [0.2, 0.25) is 0 Å². The molecule has 0 radical (unpaired) electrons. The van der Waals surface area contributed by atoms with Crippen LogP contribution in [0.1, 0.15) is 31.7 Å². The molecule has 1 atom stereocenters. The average Bonchev–Trinajstić information content (AvgIpc) is 2.82. The number of rotatable bonds is 6. The molecule has 5 nitrogen and oxygen atoms in total. The van der Waals surface area contributed by atoms with Crippen molar-refractivity contribution in [1.29, 1.82) is 0 Å². The van der Waals surface area contributed by atoms with Gasteiger partial charge in [-0.3, -0.25) is 14.6 Å². The van der Waals surface area contributed by atoms with Crippen LogP contribution in [0.4, 0.5) is 0 Å². The van der Waals surface area contributed by atoms with Crippen LogP contribution >= 0.6 is 0 Å². The zero-order valence-corrected chi connectivity index (χ0v) is 16.8. The summed E-state index contributed by atoms with van der Waals surface area (Å²) in [6.45, 7) is 12.1. The van der Waals surface area contributed by atoms with Crippen molar-refractivity contribution in [2.45, 2.75) is 38.3 Å². The van der Waals surface area contributed by atoms with Crippen LogP contribution in [0.25, 0.3) is 0 Å². The average molecular weight is 372 g/mol. The summed E-state index contributed by atoms with van der Waals surface area (Å²) >= 11 is 0. The highest BCUT2D eigenvalue weighted by atomic mass is 16.5. The molecule has 1 spiro atoms. The molecule has 0 bridgehead atoms. The van der Waals surface area contributed by atoms with Crippen LogP contribution < -0.4 is 4.74 Å². The molecule has 1 unspecified atom stereocenters. The SMILES string of the molecule is C=CCN1CCC2(CCC1=O)CN(Cc1ccc(OCC)cc1)CCN2C. The standard InChI is InChI=1S/C22H33N3O2/c1-4-13-25-14-12-22(11-10-21(25)26)18-24(16-15-23(22)3)17-19-6-8-20(9-7-19)27-5-2/h4,6-9H,1,5,10-18H2,2-3H3. The van der Waals surface area contributed by atoms with Gasteiger partial charge in [0.1, 0.15) is 5.75 Å². The minimum Gasteiger partial charge on any atom is -0.494 e. The van der Waals surface area contributed by atoms with E-state index >= 15 is 0 Å². The first-order valence-electron chi connectivity index (χ1n) is 10.1. The van der Waals surface area contributed by atoms with Gasteiger partial charge in [-0.1, -0.05) is 18.2 Å². The van der Waals surface area contributed by atoms with E-state index < -0.39 is 0 Å². The van der Waals surface area contributed by atoms with Crippen LogP contribution in [-0.4, -0.2) is 72.5 Å². The normalized spacial score (nSPS) is 24.8. The smallest absolute Gasteiger partial charge is 0.222 e. The second-order valence-electron chi connectivity index (χ2n) is 7.81. The molecule has 2 aliphatic heterocycles. The van der Waals surface area contributed by atoms with Gasteiger partial charge in [0.25, 0.3) is 0 Å². The van der Waals surface area contributed by atoms with Gasteiger partial charge in [-0.15, -0.1) is 6.58 Å². The molecule has 2 aliphatic rings. The first-order valence-corrected chi connectivity index (χ1v) is 10.1. The Labute approximate surface area is 163 Å². The lowest BCUT2D eigenvalue weighted by Crippen LogP contribution is -2.60. The number of hydrogen-bond donors (Lipinski definition) is 0. The Morgan fingerprint density at radius 1 is 1.19 bits per heavy atom. The van der Waals surface area contributed by atoms with E-state index in [0.29, 0.717) is 19.6 Å². The topological polar surface area (TPSA) is 36.0 Å². The number of carbonyl (C=O) groups is 1. The van der Waals surface area contributed by atoms with Gasteiger partial charge in [-0.25, -0.2) is 0 Å². The first kappa shape index (κ1) is 19.9. The van der Waals surface area contributed by atoms with E-state index in [9.17, 15) is 4.79 Å². The van der Waals surface area contributed by atoms with Gasteiger partial charge in [0.15, 0.2) is 0 Å². The van der Waals surface area contributed by atoms with E-state index in [0.717, 1.165) is 51.3 Å². The van der Waals surface area contributed by atoms with Crippen molar-refractivity contribution in [2.24, 2.45) is 0 Å². The zero-order chi connectivity index (χ0) is 19.3. The number of amides is 1. The second kappa shape index (κ2) is 8.89. The molecule has 1 amide bonds. The molecule has 0 aliphatic carbocycles. The van der Waals surface area contributed by atoms with Crippen LogP contribution in [-0.2, 0) is 11.3 Å². The van der Waals surface area contributed by atoms with Crippen molar-refractivity contribution in [3.05, 3.63) is 42.5 Å². The van der Waals surface area contributed by atoms with E-state index in [-0.39, 0.29) is 11.4 Å². The van der Waals surface area contributed by atoms with Crippen molar-refractivity contribution in [3.8, 4) is 5.75 Å². The van der Waals surface area contributed by atoms with Gasteiger partial charge in [-0.2, -0.15) is 0 Å². The summed E-state index contributed by atoms with van der Waals surface area (Å²) in [5.41, 5.74) is 1.41. The number of nitrogens with zero attached hydrogens (tertiary/aromatic N) is 3. The Balaban J connectivity index is 1.66. The number of likely N-dealkylation sites (N-methyl/N-ethyl adjacent to an activating group) is 1. The van der Waals surface area contributed by atoms with Crippen LogP contribution in [0, 0.1) is 0 Å². The van der Waals surface area contributed by atoms with Crippen molar-refractivity contribution >= 4 is 5.91 Å². The Morgan fingerprint density at radius 2 is 1.96 bits per heavy atom. The fourth-order valence-electron chi connectivity index (χ4n) is 4.37. The molecule has 148 valence electrons. The molecule has 0 aromatic heterocycles. The number of likely N-dealkylation sites (tertiary alicyclic amines) is 1. The van der Waals surface area contributed by atoms with E-state index in [2.05, 4.69) is 47.7 Å². The predicted molar refractivity (Wildman–Crippen MR) is 109 cm³/mol. The summed E-state index contributed by atoms with van der Waals surface area (Å²) in [6, 6.07) is 8.45. The highest BCUT2D eigenvalue weighted by Gasteiger charge is 2.41. The molecule has 2 heterocycles. The molecule has 5 heteroatoms. The molecular formula is C22H33N3O2. The van der Waals surface area contributed by atoms with Gasteiger partial charge in [0.2, 0.25) is 5.91 Å². The predicted octanol–water partition coefficient (Wildman–Crippen LogP) is 2.77. The number of carbonyl (C=O) groups excluding carboxylic acids is 1. The van der Waals surface area contributed by atoms with Gasteiger partial charge in [0, 0.05) is 51.2 Å². The summed E-state index contributed by atoms with van der Waals surface area (Å²) < 4.78 is 5.54. The van der Waals surface area contributed by atoms with E-state index in [1.807, 2.05) is 17.9 Å². The summed E-state index contributed by atoms with van der Waals surface area (Å²) in [7, 11) is 2.22.